The van der Waals surface area contributed by atoms with E-state index in [0.717, 1.165) is 48.0 Å². The smallest absolute Gasteiger partial charge is 0.163 e. The predicted octanol–water partition coefficient (Wildman–Crippen LogP) is 5.98. The van der Waals surface area contributed by atoms with Gasteiger partial charge in [-0.3, -0.25) is 4.98 Å². The molecule has 1 aliphatic rings. The number of nitrogens with zero attached hydrogens (tertiary/aromatic N) is 3. The summed E-state index contributed by atoms with van der Waals surface area (Å²) in [7, 11) is 1.62. The number of pyridine rings is 1. The number of aromatic nitrogens is 1. The quantitative estimate of drug-likeness (QED) is 0.328. The van der Waals surface area contributed by atoms with Crippen LogP contribution in [0.15, 0.2) is 65.6 Å². The molecule has 0 radical (unpaired) electrons. The normalized spacial score (nSPS) is 13.2. The van der Waals surface area contributed by atoms with Gasteiger partial charge in [-0.2, -0.15) is 5.26 Å². The first kappa shape index (κ1) is 21.7. The fourth-order valence-electron chi connectivity index (χ4n) is 4.26. The van der Waals surface area contributed by atoms with Gasteiger partial charge in [0.1, 0.15) is 6.07 Å². The Kier molecular flexibility index (Phi) is 6.21. The first-order valence-electron chi connectivity index (χ1n) is 11.4. The van der Waals surface area contributed by atoms with Gasteiger partial charge in [-0.25, -0.2) is 0 Å². The highest BCUT2D eigenvalue weighted by Gasteiger charge is 2.16. The standard InChI is InChI=1S/C27H26N4O3/c1-32-24-15-21-23(16-25(24)33-13-6-12-31-10-3-2-4-11-31)29-18-20(17-28)26(21)30-22-8-5-7-19-9-14-34-27(19)22/h3,5,7-10,14-16,18H,2,4,6,11-13H2,1H3,(H,29,30). The zero-order chi connectivity index (χ0) is 23.3. The number of rotatable bonds is 8. The lowest BCUT2D eigenvalue weighted by atomic mass is 10.1. The van der Waals surface area contributed by atoms with Gasteiger partial charge in [-0.05, 0) is 43.7 Å². The van der Waals surface area contributed by atoms with Crippen molar-refractivity contribution in [2.75, 3.05) is 32.1 Å². The van der Waals surface area contributed by atoms with E-state index >= 15 is 0 Å². The molecule has 2 aromatic heterocycles. The van der Waals surface area contributed by atoms with Crippen LogP contribution in [0.2, 0.25) is 0 Å². The number of nitriles is 1. The first-order valence-corrected chi connectivity index (χ1v) is 11.4. The van der Waals surface area contributed by atoms with E-state index in [1.165, 1.54) is 6.42 Å². The van der Waals surface area contributed by atoms with E-state index in [1.54, 1.807) is 19.6 Å². The number of furan rings is 1. The fraction of sp³-hybridized carbons (Fsp3) is 0.259. The van der Waals surface area contributed by atoms with Crippen molar-refractivity contribution >= 4 is 33.2 Å². The summed E-state index contributed by atoms with van der Waals surface area (Å²) in [6, 6.07) is 13.7. The van der Waals surface area contributed by atoms with E-state index in [0.29, 0.717) is 34.9 Å². The van der Waals surface area contributed by atoms with Gasteiger partial charge < -0.3 is 24.1 Å². The maximum Gasteiger partial charge on any atom is 0.163 e. The second kappa shape index (κ2) is 9.75. The molecule has 1 aliphatic heterocycles. The molecule has 5 rings (SSSR count). The molecule has 0 bridgehead atoms. The molecule has 1 N–H and O–H groups in total. The number of anilines is 2. The summed E-state index contributed by atoms with van der Waals surface area (Å²) in [4.78, 5) is 6.83. The number of benzene rings is 2. The van der Waals surface area contributed by atoms with Crippen molar-refractivity contribution in [2.24, 2.45) is 0 Å². The molecular formula is C27H26N4O3. The third-order valence-corrected chi connectivity index (χ3v) is 5.99. The Labute approximate surface area is 198 Å². The van der Waals surface area contributed by atoms with Crippen LogP contribution in [0.4, 0.5) is 11.4 Å². The summed E-state index contributed by atoms with van der Waals surface area (Å²) < 4.78 is 17.4. The predicted molar refractivity (Wildman–Crippen MR) is 133 cm³/mol. The zero-order valence-corrected chi connectivity index (χ0v) is 19.1. The summed E-state index contributed by atoms with van der Waals surface area (Å²) in [6.07, 6.45) is 10.9. The molecule has 0 amide bonds. The minimum Gasteiger partial charge on any atom is -0.493 e. The molecule has 0 unspecified atom stereocenters. The van der Waals surface area contributed by atoms with Crippen molar-refractivity contribution in [1.82, 2.24) is 9.88 Å². The molecule has 0 saturated carbocycles. The molecule has 172 valence electrons. The van der Waals surface area contributed by atoms with Crippen molar-refractivity contribution < 1.29 is 13.9 Å². The van der Waals surface area contributed by atoms with Crippen LogP contribution in [-0.4, -0.2) is 36.7 Å². The Hall–Kier alpha value is -4.18. The van der Waals surface area contributed by atoms with Crippen LogP contribution in [0.5, 0.6) is 11.5 Å². The highest BCUT2D eigenvalue weighted by atomic mass is 16.5. The average molecular weight is 455 g/mol. The maximum absolute atomic E-state index is 9.74. The SMILES string of the molecule is COc1cc2c(Nc3cccc4ccoc34)c(C#N)cnc2cc1OCCCN1C=CCCC1. The van der Waals surface area contributed by atoms with Gasteiger partial charge in [-0.15, -0.1) is 0 Å². The van der Waals surface area contributed by atoms with Crippen molar-refractivity contribution in [2.45, 2.75) is 19.3 Å². The number of methoxy groups -OCH3 is 1. The number of ether oxygens (including phenoxy) is 2. The average Bonchev–Trinajstić information content (AvgIpc) is 3.37. The topological polar surface area (TPSA) is 83.5 Å². The molecular weight excluding hydrogens is 428 g/mol. The summed E-state index contributed by atoms with van der Waals surface area (Å²) >= 11 is 0. The van der Waals surface area contributed by atoms with Gasteiger partial charge in [0.25, 0.3) is 0 Å². The van der Waals surface area contributed by atoms with E-state index in [9.17, 15) is 5.26 Å². The lowest BCUT2D eigenvalue weighted by Gasteiger charge is -2.23. The second-order valence-corrected chi connectivity index (χ2v) is 8.21. The van der Waals surface area contributed by atoms with Crippen molar-refractivity contribution in [3.8, 4) is 17.6 Å². The molecule has 34 heavy (non-hydrogen) atoms. The van der Waals surface area contributed by atoms with Crippen LogP contribution in [-0.2, 0) is 0 Å². The zero-order valence-electron chi connectivity index (χ0n) is 19.1. The third kappa shape index (κ3) is 4.35. The highest BCUT2D eigenvalue weighted by molar-refractivity contribution is 6.00. The largest absolute Gasteiger partial charge is 0.493 e. The van der Waals surface area contributed by atoms with Crippen molar-refractivity contribution in [1.29, 1.82) is 5.26 Å². The number of para-hydroxylation sites is 1. The summed E-state index contributed by atoms with van der Waals surface area (Å²) in [5, 5.41) is 14.9. The molecule has 7 nitrogen and oxygen atoms in total. The lowest BCUT2D eigenvalue weighted by Crippen LogP contribution is -2.23. The molecule has 0 atom stereocenters. The van der Waals surface area contributed by atoms with Gasteiger partial charge >= 0.3 is 0 Å². The molecule has 0 fully saturated rings. The monoisotopic (exact) mass is 454 g/mol. The van der Waals surface area contributed by atoms with E-state index < -0.39 is 0 Å². The molecule has 7 heteroatoms. The molecule has 4 aromatic rings. The van der Waals surface area contributed by atoms with Gasteiger partial charge in [0.15, 0.2) is 17.1 Å². The second-order valence-electron chi connectivity index (χ2n) is 8.21. The minimum absolute atomic E-state index is 0.432. The Bertz CT molecular complexity index is 1390. The summed E-state index contributed by atoms with van der Waals surface area (Å²) in [5.41, 5.74) is 3.30. The van der Waals surface area contributed by atoms with E-state index in [2.05, 4.69) is 33.5 Å². The molecule has 0 spiro atoms. The molecule has 2 aromatic carbocycles. The van der Waals surface area contributed by atoms with Crippen LogP contribution in [0.1, 0.15) is 24.8 Å². The highest BCUT2D eigenvalue weighted by Crippen LogP contribution is 2.38. The Morgan fingerprint density at radius 1 is 1.24 bits per heavy atom. The van der Waals surface area contributed by atoms with Crippen molar-refractivity contribution in [3.05, 3.63) is 66.7 Å². The maximum atomic E-state index is 9.74. The van der Waals surface area contributed by atoms with Crippen LogP contribution >= 0.6 is 0 Å². The number of hydrogen-bond donors (Lipinski definition) is 1. The molecule has 0 saturated heterocycles. The molecule has 3 heterocycles. The van der Waals surface area contributed by atoms with E-state index in [1.807, 2.05) is 36.4 Å². The number of hydrogen-bond acceptors (Lipinski definition) is 7. The van der Waals surface area contributed by atoms with E-state index in [4.69, 9.17) is 13.9 Å². The minimum atomic E-state index is 0.432. The summed E-state index contributed by atoms with van der Waals surface area (Å²) in [6.45, 7) is 2.64. The number of nitrogens with one attached hydrogen (secondary N) is 1. The van der Waals surface area contributed by atoms with Gasteiger partial charge in [-0.1, -0.05) is 18.2 Å². The Balaban J connectivity index is 1.42. The van der Waals surface area contributed by atoms with Crippen LogP contribution < -0.4 is 14.8 Å². The summed E-state index contributed by atoms with van der Waals surface area (Å²) in [5.74, 6) is 1.24. The fourth-order valence-corrected chi connectivity index (χ4v) is 4.26. The Morgan fingerprint density at radius 3 is 3.00 bits per heavy atom. The van der Waals surface area contributed by atoms with Gasteiger partial charge in [0, 0.05) is 36.1 Å². The molecule has 0 aliphatic carbocycles. The van der Waals surface area contributed by atoms with E-state index in [-0.39, 0.29) is 0 Å². The number of allylic oxidation sites excluding steroid dienone is 1. The van der Waals surface area contributed by atoms with Gasteiger partial charge in [0.05, 0.1) is 42.4 Å². The number of fused-ring (bicyclic) bond motifs is 2. The lowest BCUT2D eigenvalue weighted by molar-refractivity contribution is 0.261. The Morgan fingerprint density at radius 2 is 2.18 bits per heavy atom. The third-order valence-electron chi connectivity index (χ3n) is 5.99. The van der Waals surface area contributed by atoms with Crippen molar-refractivity contribution in [3.63, 3.8) is 0 Å². The van der Waals surface area contributed by atoms with Crippen LogP contribution in [0.3, 0.4) is 0 Å². The first-order chi connectivity index (χ1) is 16.8. The van der Waals surface area contributed by atoms with Crippen LogP contribution in [0.25, 0.3) is 21.9 Å². The van der Waals surface area contributed by atoms with Crippen LogP contribution in [0, 0.1) is 11.3 Å². The van der Waals surface area contributed by atoms with Gasteiger partial charge in [0.2, 0.25) is 0 Å².